The van der Waals surface area contributed by atoms with Crippen LogP contribution in [0.3, 0.4) is 0 Å². The maximum absolute atomic E-state index is 5.49. The van der Waals surface area contributed by atoms with Crippen LogP contribution in [0.5, 0.6) is 0 Å². The smallest absolute Gasteiger partial charge is 0.136 e. The Hall–Kier alpha value is -1.35. The van der Waals surface area contributed by atoms with E-state index < -0.39 is 0 Å². The molecule has 2 heterocycles. The average Bonchev–Trinajstić information content (AvgIpc) is 2.57. The Labute approximate surface area is 83.6 Å². The number of aromatic nitrogens is 2. The quantitative estimate of drug-likeness (QED) is 0.795. The van der Waals surface area contributed by atoms with Gasteiger partial charge in [-0.3, -0.25) is 0 Å². The van der Waals surface area contributed by atoms with E-state index in [1.807, 2.05) is 12.3 Å². The van der Waals surface area contributed by atoms with Crippen LogP contribution < -0.4 is 5.73 Å². The van der Waals surface area contributed by atoms with Gasteiger partial charge < -0.3 is 10.1 Å². The third-order valence-electron chi connectivity index (χ3n) is 2.37. The van der Waals surface area contributed by atoms with Gasteiger partial charge in [-0.2, -0.15) is 0 Å². The molecule has 0 bridgehead atoms. The Balaban J connectivity index is 2.40. The number of rotatable bonds is 3. The predicted molar refractivity (Wildman–Crippen MR) is 57.3 cm³/mol. The van der Waals surface area contributed by atoms with Gasteiger partial charge in [0.2, 0.25) is 0 Å². The van der Waals surface area contributed by atoms with Crippen molar-refractivity contribution in [2.75, 3.05) is 6.54 Å². The third kappa shape index (κ3) is 1.63. The van der Waals surface area contributed by atoms with Crippen LogP contribution in [0.15, 0.2) is 24.5 Å². The Morgan fingerprint density at radius 1 is 1.43 bits per heavy atom. The van der Waals surface area contributed by atoms with Crippen molar-refractivity contribution in [3.8, 4) is 0 Å². The van der Waals surface area contributed by atoms with Crippen LogP contribution in [0.25, 0.3) is 5.65 Å². The molecular weight excluding hydrogens is 174 g/mol. The topological polar surface area (TPSA) is 43.3 Å². The molecule has 0 unspecified atom stereocenters. The SMILES string of the molecule is Cc1ccc2ncc(CCCN)n2c1. The van der Waals surface area contributed by atoms with Crippen molar-refractivity contribution in [2.24, 2.45) is 5.73 Å². The van der Waals surface area contributed by atoms with Gasteiger partial charge >= 0.3 is 0 Å². The Kier molecular flexibility index (Phi) is 2.50. The second kappa shape index (κ2) is 3.80. The van der Waals surface area contributed by atoms with E-state index in [2.05, 4.69) is 28.6 Å². The van der Waals surface area contributed by atoms with Crippen LogP contribution >= 0.6 is 0 Å². The third-order valence-corrected chi connectivity index (χ3v) is 2.37. The van der Waals surface area contributed by atoms with Crippen molar-refractivity contribution in [1.82, 2.24) is 9.38 Å². The van der Waals surface area contributed by atoms with Gasteiger partial charge in [0.25, 0.3) is 0 Å². The maximum atomic E-state index is 5.49. The van der Waals surface area contributed by atoms with Crippen molar-refractivity contribution >= 4 is 5.65 Å². The number of imidazole rings is 1. The van der Waals surface area contributed by atoms with Gasteiger partial charge in [-0.1, -0.05) is 6.07 Å². The van der Waals surface area contributed by atoms with Crippen molar-refractivity contribution < 1.29 is 0 Å². The highest BCUT2D eigenvalue weighted by atomic mass is 15.0. The lowest BCUT2D eigenvalue weighted by atomic mass is 10.2. The normalized spacial score (nSPS) is 11.0. The molecule has 0 saturated heterocycles. The second-order valence-corrected chi connectivity index (χ2v) is 3.58. The Morgan fingerprint density at radius 3 is 3.07 bits per heavy atom. The average molecular weight is 189 g/mol. The molecule has 0 amide bonds. The molecule has 0 radical (unpaired) electrons. The molecule has 0 fully saturated rings. The summed E-state index contributed by atoms with van der Waals surface area (Å²) in [5, 5.41) is 0. The molecule has 0 saturated carbocycles. The molecule has 2 aromatic heterocycles. The summed E-state index contributed by atoms with van der Waals surface area (Å²) in [5.41, 5.74) is 9.00. The van der Waals surface area contributed by atoms with E-state index in [1.54, 1.807) is 0 Å². The summed E-state index contributed by atoms with van der Waals surface area (Å²) < 4.78 is 2.14. The predicted octanol–water partition coefficient (Wildman–Crippen LogP) is 1.53. The summed E-state index contributed by atoms with van der Waals surface area (Å²) in [6.07, 6.45) is 6.07. The van der Waals surface area contributed by atoms with Crippen LogP contribution in [0.1, 0.15) is 17.7 Å². The van der Waals surface area contributed by atoms with Crippen LogP contribution in [-0.4, -0.2) is 15.9 Å². The van der Waals surface area contributed by atoms with Crippen LogP contribution in [0.4, 0.5) is 0 Å². The largest absolute Gasteiger partial charge is 0.330 e. The second-order valence-electron chi connectivity index (χ2n) is 3.58. The standard InChI is InChI=1S/C11H15N3/c1-9-4-5-11-13-7-10(3-2-6-12)14(11)8-9/h4-5,7-8H,2-3,6,12H2,1H3. The van der Waals surface area contributed by atoms with Crippen molar-refractivity contribution in [2.45, 2.75) is 19.8 Å². The number of pyridine rings is 1. The zero-order valence-electron chi connectivity index (χ0n) is 8.40. The lowest BCUT2D eigenvalue weighted by Crippen LogP contribution is -2.02. The van der Waals surface area contributed by atoms with Gasteiger partial charge in [-0.05, 0) is 37.9 Å². The monoisotopic (exact) mass is 189 g/mol. The minimum atomic E-state index is 0.735. The fourth-order valence-electron chi connectivity index (χ4n) is 1.61. The molecule has 0 atom stereocenters. The molecule has 0 aliphatic rings. The molecule has 0 spiro atoms. The molecule has 3 nitrogen and oxygen atoms in total. The lowest BCUT2D eigenvalue weighted by Gasteiger charge is -2.01. The Bertz CT molecular complexity index is 431. The van der Waals surface area contributed by atoms with E-state index in [4.69, 9.17) is 5.73 Å². The Morgan fingerprint density at radius 2 is 2.29 bits per heavy atom. The van der Waals surface area contributed by atoms with Gasteiger partial charge in [0.1, 0.15) is 5.65 Å². The van der Waals surface area contributed by atoms with Gasteiger partial charge in [-0.25, -0.2) is 4.98 Å². The number of nitrogens with two attached hydrogens (primary N) is 1. The summed E-state index contributed by atoms with van der Waals surface area (Å²) in [4.78, 5) is 4.33. The number of hydrogen-bond donors (Lipinski definition) is 1. The van der Waals surface area contributed by atoms with Crippen LogP contribution in [0.2, 0.25) is 0 Å². The lowest BCUT2D eigenvalue weighted by molar-refractivity contribution is 0.802. The van der Waals surface area contributed by atoms with Gasteiger partial charge in [0.05, 0.1) is 0 Å². The maximum Gasteiger partial charge on any atom is 0.136 e. The van der Waals surface area contributed by atoms with E-state index in [0.717, 1.165) is 25.0 Å². The molecule has 2 rings (SSSR count). The minimum Gasteiger partial charge on any atom is -0.330 e. The van der Waals surface area contributed by atoms with Crippen LogP contribution in [-0.2, 0) is 6.42 Å². The molecule has 0 aliphatic heterocycles. The molecule has 0 aliphatic carbocycles. The van der Waals surface area contributed by atoms with Gasteiger partial charge in [-0.15, -0.1) is 0 Å². The highest BCUT2D eigenvalue weighted by molar-refractivity contribution is 5.41. The van der Waals surface area contributed by atoms with E-state index >= 15 is 0 Å². The molecule has 14 heavy (non-hydrogen) atoms. The summed E-state index contributed by atoms with van der Waals surface area (Å²) in [5.74, 6) is 0. The number of aryl methyl sites for hydroxylation is 2. The molecular formula is C11H15N3. The fourth-order valence-corrected chi connectivity index (χ4v) is 1.61. The van der Waals surface area contributed by atoms with Gasteiger partial charge in [0, 0.05) is 18.1 Å². The number of hydrogen-bond acceptors (Lipinski definition) is 2. The van der Waals surface area contributed by atoms with E-state index in [0.29, 0.717) is 0 Å². The summed E-state index contributed by atoms with van der Waals surface area (Å²) in [6, 6.07) is 4.12. The molecule has 74 valence electrons. The first-order valence-electron chi connectivity index (χ1n) is 4.94. The minimum absolute atomic E-state index is 0.735. The fraction of sp³-hybridized carbons (Fsp3) is 0.364. The van der Waals surface area contributed by atoms with Crippen molar-refractivity contribution in [1.29, 1.82) is 0 Å². The van der Waals surface area contributed by atoms with Crippen molar-refractivity contribution in [3.05, 3.63) is 35.8 Å². The molecule has 3 heteroatoms. The zero-order valence-corrected chi connectivity index (χ0v) is 8.40. The molecule has 2 aromatic rings. The number of fused-ring (bicyclic) bond motifs is 1. The summed E-state index contributed by atoms with van der Waals surface area (Å²) in [6.45, 7) is 2.82. The highest BCUT2D eigenvalue weighted by Crippen LogP contribution is 2.09. The first-order chi connectivity index (χ1) is 6.81. The zero-order chi connectivity index (χ0) is 9.97. The summed E-state index contributed by atoms with van der Waals surface area (Å²) in [7, 11) is 0. The molecule has 2 N–H and O–H groups in total. The summed E-state index contributed by atoms with van der Waals surface area (Å²) >= 11 is 0. The van der Waals surface area contributed by atoms with E-state index in [1.165, 1.54) is 11.3 Å². The van der Waals surface area contributed by atoms with Crippen molar-refractivity contribution in [3.63, 3.8) is 0 Å². The number of nitrogens with zero attached hydrogens (tertiary/aromatic N) is 2. The molecule has 0 aromatic carbocycles. The van der Waals surface area contributed by atoms with E-state index in [9.17, 15) is 0 Å². The highest BCUT2D eigenvalue weighted by Gasteiger charge is 2.01. The van der Waals surface area contributed by atoms with Gasteiger partial charge in [0.15, 0.2) is 0 Å². The van der Waals surface area contributed by atoms with E-state index in [-0.39, 0.29) is 0 Å². The first-order valence-corrected chi connectivity index (χ1v) is 4.94. The van der Waals surface area contributed by atoms with Crippen LogP contribution in [0, 0.1) is 6.92 Å². The first kappa shape index (κ1) is 9.21.